The van der Waals surface area contributed by atoms with Crippen LogP contribution in [-0.2, 0) is 0 Å². The zero-order valence-corrected chi connectivity index (χ0v) is 10.3. The lowest BCUT2D eigenvalue weighted by atomic mass is 9.94. The predicted molar refractivity (Wildman–Crippen MR) is 65.1 cm³/mol. The van der Waals surface area contributed by atoms with E-state index in [1.54, 1.807) is 0 Å². The normalized spacial score (nSPS) is 34.8. The van der Waals surface area contributed by atoms with E-state index in [0.29, 0.717) is 0 Å². The second-order valence-electron chi connectivity index (χ2n) is 5.50. The molecule has 88 valence electrons. The van der Waals surface area contributed by atoms with E-state index in [-0.39, 0.29) is 0 Å². The number of piperidine rings is 1. The van der Waals surface area contributed by atoms with Gasteiger partial charge in [0, 0.05) is 12.1 Å². The fourth-order valence-electron chi connectivity index (χ4n) is 3.19. The van der Waals surface area contributed by atoms with Crippen LogP contribution < -0.4 is 5.32 Å². The monoisotopic (exact) mass is 210 g/mol. The maximum absolute atomic E-state index is 3.45. The lowest BCUT2D eigenvalue weighted by Gasteiger charge is -2.29. The van der Waals surface area contributed by atoms with Crippen LogP contribution in [-0.4, -0.2) is 36.6 Å². The number of rotatable bonds is 3. The summed E-state index contributed by atoms with van der Waals surface area (Å²) in [4.78, 5) is 2.72. The zero-order chi connectivity index (χ0) is 10.7. The van der Waals surface area contributed by atoms with Gasteiger partial charge >= 0.3 is 0 Å². The quantitative estimate of drug-likeness (QED) is 0.768. The van der Waals surface area contributed by atoms with Gasteiger partial charge < -0.3 is 5.32 Å². The lowest BCUT2D eigenvalue weighted by Crippen LogP contribution is -2.36. The summed E-state index contributed by atoms with van der Waals surface area (Å²) in [6.07, 6.45) is 7.05. The van der Waals surface area contributed by atoms with E-state index in [1.165, 1.54) is 51.7 Å². The third kappa shape index (κ3) is 2.94. The fourth-order valence-corrected chi connectivity index (χ4v) is 3.19. The molecule has 2 unspecified atom stereocenters. The molecular weight excluding hydrogens is 184 g/mol. The molecule has 0 amide bonds. The number of hydrogen-bond donors (Lipinski definition) is 1. The van der Waals surface area contributed by atoms with Crippen LogP contribution in [0, 0.1) is 5.92 Å². The van der Waals surface area contributed by atoms with Gasteiger partial charge in [-0.05, 0) is 71.5 Å². The highest BCUT2D eigenvalue weighted by Crippen LogP contribution is 2.25. The third-order valence-corrected chi connectivity index (χ3v) is 4.39. The van der Waals surface area contributed by atoms with E-state index in [1.807, 2.05) is 0 Å². The Morgan fingerprint density at radius 2 is 1.60 bits per heavy atom. The average Bonchev–Trinajstić information content (AvgIpc) is 2.58. The van der Waals surface area contributed by atoms with Crippen molar-refractivity contribution in [1.82, 2.24) is 10.2 Å². The molecule has 0 spiro atoms. The summed E-state index contributed by atoms with van der Waals surface area (Å²) in [5, 5.41) is 3.45. The molecule has 2 atom stereocenters. The largest absolute Gasteiger partial charge is 0.317 e. The van der Waals surface area contributed by atoms with E-state index in [9.17, 15) is 0 Å². The molecule has 1 N–H and O–H groups in total. The summed E-state index contributed by atoms with van der Waals surface area (Å²) in [5.41, 5.74) is 0. The smallest absolute Gasteiger partial charge is 0.00703 e. The second-order valence-corrected chi connectivity index (χ2v) is 5.50. The SMILES string of the molecule is CC1CCC(C)N1CCC1CCNCC1. The molecule has 0 bridgehead atoms. The van der Waals surface area contributed by atoms with Crippen molar-refractivity contribution in [1.29, 1.82) is 0 Å². The zero-order valence-electron chi connectivity index (χ0n) is 10.3. The maximum Gasteiger partial charge on any atom is 0.00703 e. The van der Waals surface area contributed by atoms with Gasteiger partial charge in [0.2, 0.25) is 0 Å². The highest BCUT2D eigenvalue weighted by molar-refractivity contribution is 4.83. The van der Waals surface area contributed by atoms with Crippen LogP contribution in [0.3, 0.4) is 0 Å². The topological polar surface area (TPSA) is 15.3 Å². The van der Waals surface area contributed by atoms with E-state index < -0.39 is 0 Å². The van der Waals surface area contributed by atoms with Crippen LogP contribution in [0.5, 0.6) is 0 Å². The molecule has 0 aliphatic carbocycles. The number of hydrogen-bond acceptors (Lipinski definition) is 2. The molecule has 0 saturated carbocycles. The highest BCUT2D eigenvalue weighted by atomic mass is 15.2. The van der Waals surface area contributed by atoms with Gasteiger partial charge in [-0.15, -0.1) is 0 Å². The maximum atomic E-state index is 3.45. The minimum Gasteiger partial charge on any atom is -0.317 e. The first-order valence-electron chi connectivity index (χ1n) is 6.74. The predicted octanol–water partition coefficient (Wildman–Crippen LogP) is 2.25. The molecule has 0 aromatic carbocycles. The molecule has 2 saturated heterocycles. The molecule has 0 aromatic heterocycles. The first kappa shape index (κ1) is 11.4. The van der Waals surface area contributed by atoms with Crippen molar-refractivity contribution < 1.29 is 0 Å². The van der Waals surface area contributed by atoms with Crippen molar-refractivity contribution in [3.05, 3.63) is 0 Å². The summed E-state index contributed by atoms with van der Waals surface area (Å²) in [5.74, 6) is 0.992. The van der Waals surface area contributed by atoms with Crippen LogP contribution in [0.15, 0.2) is 0 Å². The van der Waals surface area contributed by atoms with Crippen molar-refractivity contribution in [2.75, 3.05) is 19.6 Å². The van der Waals surface area contributed by atoms with Gasteiger partial charge in [0.1, 0.15) is 0 Å². The Bertz CT molecular complexity index is 177. The Morgan fingerprint density at radius 1 is 1.00 bits per heavy atom. The Morgan fingerprint density at radius 3 is 2.20 bits per heavy atom. The molecule has 2 fully saturated rings. The lowest BCUT2D eigenvalue weighted by molar-refractivity contribution is 0.189. The summed E-state index contributed by atoms with van der Waals surface area (Å²) in [7, 11) is 0. The van der Waals surface area contributed by atoms with Gasteiger partial charge in [0.25, 0.3) is 0 Å². The molecule has 2 nitrogen and oxygen atoms in total. The van der Waals surface area contributed by atoms with Crippen molar-refractivity contribution in [2.45, 2.75) is 58.0 Å². The molecule has 2 heterocycles. The van der Waals surface area contributed by atoms with E-state index in [4.69, 9.17) is 0 Å². The number of nitrogens with one attached hydrogen (secondary N) is 1. The van der Waals surface area contributed by atoms with Crippen LogP contribution >= 0.6 is 0 Å². The molecule has 2 aliphatic heterocycles. The van der Waals surface area contributed by atoms with E-state index in [2.05, 4.69) is 24.1 Å². The van der Waals surface area contributed by atoms with Crippen LogP contribution in [0.2, 0.25) is 0 Å². The van der Waals surface area contributed by atoms with Crippen molar-refractivity contribution >= 4 is 0 Å². The average molecular weight is 210 g/mol. The van der Waals surface area contributed by atoms with E-state index >= 15 is 0 Å². The molecule has 2 aliphatic rings. The molecule has 2 heteroatoms. The molecule has 0 aromatic rings. The minimum atomic E-state index is 0.835. The summed E-state index contributed by atoms with van der Waals surface area (Å²) < 4.78 is 0. The standard InChI is InChI=1S/C13H26N2/c1-11-3-4-12(2)15(11)10-7-13-5-8-14-9-6-13/h11-14H,3-10H2,1-2H3. The fraction of sp³-hybridized carbons (Fsp3) is 1.00. The Hall–Kier alpha value is -0.0800. The van der Waals surface area contributed by atoms with Gasteiger partial charge in [-0.1, -0.05) is 0 Å². The van der Waals surface area contributed by atoms with E-state index in [0.717, 1.165) is 18.0 Å². The van der Waals surface area contributed by atoms with Crippen molar-refractivity contribution in [2.24, 2.45) is 5.92 Å². The van der Waals surface area contributed by atoms with Crippen molar-refractivity contribution in [3.63, 3.8) is 0 Å². The molecule has 15 heavy (non-hydrogen) atoms. The van der Waals surface area contributed by atoms with Gasteiger partial charge in [0.05, 0.1) is 0 Å². The van der Waals surface area contributed by atoms with Gasteiger partial charge in [-0.2, -0.15) is 0 Å². The molecular formula is C13H26N2. The second kappa shape index (κ2) is 5.31. The first-order valence-corrected chi connectivity index (χ1v) is 6.74. The van der Waals surface area contributed by atoms with Crippen molar-refractivity contribution in [3.8, 4) is 0 Å². The first-order chi connectivity index (χ1) is 7.27. The van der Waals surface area contributed by atoms with Crippen LogP contribution in [0.1, 0.15) is 46.0 Å². The number of nitrogens with zero attached hydrogens (tertiary/aromatic N) is 1. The molecule has 2 rings (SSSR count). The third-order valence-electron chi connectivity index (χ3n) is 4.39. The van der Waals surface area contributed by atoms with Gasteiger partial charge in [-0.25, -0.2) is 0 Å². The van der Waals surface area contributed by atoms with Gasteiger partial charge in [-0.3, -0.25) is 4.90 Å². The minimum absolute atomic E-state index is 0.835. The Kier molecular flexibility index (Phi) is 4.04. The van der Waals surface area contributed by atoms with Crippen LogP contribution in [0.25, 0.3) is 0 Å². The number of likely N-dealkylation sites (tertiary alicyclic amines) is 1. The van der Waals surface area contributed by atoms with Crippen LogP contribution in [0.4, 0.5) is 0 Å². The Labute approximate surface area is 94.4 Å². The molecule has 0 radical (unpaired) electrons. The highest BCUT2D eigenvalue weighted by Gasteiger charge is 2.27. The summed E-state index contributed by atoms with van der Waals surface area (Å²) in [6, 6.07) is 1.67. The summed E-state index contributed by atoms with van der Waals surface area (Å²) >= 11 is 0. The Balaban J connectivity index is 1.71. The summed E-state index contributed by atoms with van der Waals surface area (Å²) in [6.45, 7) is 8.62. The van der Waals surface area contributed by atoms with Gasteiger partial charge in [0.15, 0.2) is 0 Å².